The number of aliphatic carboxylic acids is 1. The predicted octanol–water partition coefficient (Wildman–Crippen LogP) is 1.79. The minimum atomic E-state index is -0.812. The molecule has 0 fully saturated rings. The van der Waals surface area contributed by atoms with E-state index in [0.29, 0.717) is 18.5 Å². The third kappa shape index (κ3) is 3.57. The first kappa shape index (κ1) is 14.0. The van der Waals surface area contributed by atoms with Crippen LogP contribution in [-0.2, 0) is 4.79 Å². The fraction of sp³-hybridized carbons (Fsp3) is 0.357. The van der Waals surface area contributed by atoms with E-state index in [-0.39, 0.29) is 18.2 Å². The lowest BCUT2D eigenvalue weighted by atomic mass is 10.1. The lowest BCUT2D eigenvalue weighted by molar-refractivity contribution is -0.137. The van der Waals surface area contributed by atoms with Crippen LogP contribution in [0, 0.1) is 5.92 Å². The van der Waals surface area contributed by atoms with E-state index in [4.69, 9.17) is 5.11 Å². The summed E-state index contributed by atoms with van der Waals surface area (Å²) in [4.78, 5) is 22.5. The molecule has 1 amide bonds. The van der Waals surface area contributed by atoms with E-state index in [2.05, 4.69) is 15.5 Å². The molecular weight excluding hydrogens is 258 g/mol. The number of nitrogens with one attached hydrogen (secondary N) is 2. The van der Waals surface area contributed by atoms with Crippen molar-refractivity contribution in [2.45, 2.75) is 19.8 Å². The maximum absolute atomic E-state index is 12.0. The topological polar surface area (TPSA) is 95.1 Å². The van der Waals surface area contributed by atoms with Crippen molar-refractivity contribution in [2.75, 3.05) is 6.54 Å². The summed E-state index contributed by atoms with van der Waals surface area (Å²) in [5, 5.41) is 19.1. The van der Waals surface area contributed by atoms with E-state index in [0.717, 1.165) is 10.9 Å². The summed E-state index contributed by atoms with van der Waals surface area (Å²) in [7, 11) is 0. The van der Waals surface area contributed by atoms with Crippen LogP contribution in [0.25, 0.3) is 10.9 Å². The Hall–Kier alpha value is -2.37. The summed E-state index contributed by atoms with van der Waals surface area (Å²) in [6.45, 7) is 2.38. The van der Waals surface area contributed by atoms with Crippen molar-refractivity contribution < 1.29 is 14.7 Å². The standard InChI is InChI=1S/C14H17N3O3/c1-9(2-5-13(18)19)7-15-14(20)10-3-4-11-8-16-17-12(11)6-10/h3-4,6,8-9H,2,5,7H2,1H3,(H,15,20)(H,16,17)(H,18,19). The van der Waals surface area contributed by atoms with Gasteiger partial charge in [0.05, 0.1) is 11.7 Å². The minimum absolute atomic E-state index is 0.122. The lowest BCUT2D eigenvalue weighted by Gasteiger charge is -2.11. The SMILES string of the molecule is CC(CCC(=O)O)CNC(=O)c1ccc2cn[nH]c2c1. The highest BCUT2D eigenvalue weighted by Crippen LogP contribution is 2.13. The van der Waals surface area contributed by atoms with E-state index in [1.165, 1.54) is 0 Å². The summed E-state index contributed by atoms with van der Waals surface area (Å²) < 4.78 is 0. The number of H-pyrrole nitrogens is 1. The first-order valence-corrected chi connectivity index (χ1v) is 6.49. The van der Waals surface area contributed by atoms with Crippen LogP contribution in [-0.4, -0.2) is 33.7 Å². The third-order valence-corrected chi connectivity index (χ3v) is 3.17. The van der Waals surface area contributed by atoms with E-state index in [9.17, 15) is 9.59 Å². The van der Waals surface area contributed by atoms with Gasteiger partial charge in [-0.3, -0.25) is 14.7 Å². The Kier molecular flexibility index (Phi) is 4.34. The van der Waals surface area contributed by atoms with Gasteiger partial charge < -0.3 is 10.4 Å². The second kappa shape index (κ2) is 6.18. The molecule has 0 bridgehead atoms. The molecule has 1 heterocycles. The van der Waals surface area contributed by atoms with Gasteiger partial charge in [-0.25, -0.2) is 0 Å². The number of carboxylic acid groups (broad SMARTS) is 1. The Balaban J connectivity index is 1.89. The Morgan fingerprint density at radius 2 is 2.25 bits per heavy atom. The maximum atomic E-state index is 12.0. The van der Waals surface area contributed by atoms with E-state index < -0.39 is 5.97 Å². The molecule has 6 heteroatoms. The van der Waals surface area contributed by atoms with Gasteiger partial charge in [-0.15, -0.1) is 0 Å². The summed E-state index contributed by atoms with van der Waals surface area (Å²) in [5.74, 6) is -0.845. The fourth-order valence-electron chi connectivity index (χ4n) is 1.92. The number of benzene rings is 1. The molecule has 1 aromatic carbocycles. The zero-order valence-electron chi connectivity index (χ0n) is 11.2. The third-order valence-electron chi connectivity index (χ3n) is 3.17. The molecule has 1 atom stereocenters. The van der Waals surface area contributed by atoms with E-state index in [1.54, 1.807) is 18.3 Å². The molecule has 6 nitrogen and oxygen atoms in total. The zero-order valence-corrected chi connectivity index (χ0v) is 11.2. The Morgan fingerprint density at radius 3 is 3.00 bits per heavy atom. The highest BCUT2D eigenvalue weighted by Gasteiger charge is 2.10. The number of rotatable bonds is 6. The number of carbonyl (C=O) groups excluding carboxylic acids is 1. The van der Waals surface area contributed by atoms with Crippen molar-refractivity contribution in [2.24, 2.45) is 5.92 Å². The summed E-state index contributed by atoms with van der Waals surface area (Å²) in [6.07, 6.45) is 2.37. The molecule has 106 valence electrons. The normalized spacial score (nSPS) is 12.2. The molecule has 1 aromatic heterocycles. The second-order valence-corrected chi connectivity index (χ2v) is 4.92. The van der Waals surface area contributed by atoms with Crippen LogP contribution in [0.2, 0.25) is 0 Å². The highest BCUT2D eigenvalue weighted by atomic mass is 16.4. The molecule has 0 aliphatic rings. The van der Waals surface area contributed by atoms with E-state index in [1.807, 2.05) is 13.0 Å². The molecule has 0 saturated carbocycles. The molecule has 2 aromatic rings. The van der Waals surface area contributed by atoms with Crippen LogP contribution < -0.4 is 5.32 Å². The number of hydrogen-bond acceptors (Lipinski definition) is 3. The van der Waals surface area contributed by atoms with Crippen LogP contribution in [0.15, 0.2) is 24.4 Å². The lowest BCUT2D eigenvalue weighted by Crippen LogP contribution is -2.28. The van der Waals surface area contributed by atoms with Gasteiger partial charge in [0, 0.05) is 23.9 Å². The molecular formula is C14H17N3O3. The molecule has 0 radical (unpaired) electrons. The molecule has 0 aliphatic heterocycles. The molecule has 3 N–H and O–H groups in total. The summed E-state index contributed by atoms with van der Waals surface area (Å²) in [6, 6.07) is 5.33. The van der Waals surface area contributed by atoms with Gasteiger partial charge in [0.2, 0.25) is 0 Å². The molecule has 0 saturated heterocycles. The van der Waals surface area contributed by atoms with Gasteiger partial charge in [-0.05, 0) is 24.5 Å². The van der Waals surface area contributed by atoms with Crippen LogP contribution in [0.4, 0.5) is 0 Å². The van der Waals surface area contributed by atoms with Crippen molar-refractivity contribution in [1.29, 1.82) is 0 Å². The van der Waals surface area contributed by atoms with Gasteiger partial charge in [-0.1, -0.05) is 13.0 Å². The van der Waals surface area contributed by atoms with Gasteiger partial charge in [0.1, 0.15) is 0 Å². The number of hydrogen-bond donors (Lipinski definition) is 3. The van der Waals surface area contributed by atoms with Crippen molar-refractivity contribution in [3.05, 3.63) is 30.0 Å². The van der Waals surface area contributed by atoms with Crippen molar-refractivity contribution in [1.82, 2.24) is 15.5 Å². The van der Waals surface area contributed by atoms with E-state index >= 15 is 0 Å². The van der Waals surface area contributed by atoms with Crippen molar-refractivity contribution in [3.8, 4) is 0 Å². The van der Waals surface area contributed by atoms with Crippen molar-refractivity contribution >= 4 is 22.8 Å². The number of carbonyl (C=O) groups is 2. The van der Waals surface area contributed by atoms with Crippen LogP contribution in [0.5, 0.6) is 0 Å². The minimum Gasteiger partial charge on any atom is -0.481 e. The number of aromatic amines is 1. The Labute approximate surface area is 116 Å². The Bertz CT molecular complexity index is 621. The number of carboxylic acids is 1. The number of amides is 1. The number of fused-ring (bicyclic) bond motifs is 1. The van der Waals surface area contributed by atoms with Crippen LogP contribution >= 0.6 is 0 Å². The molecule has 1 unspecified atom stereocenters. The first-order chi connectivity index (χ1) is 9.56. The second-order valence-electron chi connectivity index (χ2n) is 4.92. The number of nitrogens with zero attached hydrogens (tertiary/aromatic N) is 1. The zero-order chi connectivity index (χ0) is 14.5. The highest BCUT2D eigenvalue weighted by molar-refractivity contribution is 5.97. The van der Waals surface area contributed by atoms with Gasteiger partial charge in [0.15, 0.2) is 0 Å². The van der Waals surface area contributed by atoms with Crippen molar-refractivity contribution in [3.63, 3.8) is 0 Å². The molecule has 20 heavy (non-hydrogen) atoms. The van der Waals surface area contributed by atoms with Gasteiger partial charge in [-0.2, -0.15) is 5.10 Å². The average Bonchev–Trinajstić information content (AvgIpc) is 2.89. The quantitative estimate of drug-likeness (QED) is 0.749. The monoisotopic (exact) mass is 275 g/mol. The fourth-order valence-corrected chi connectivity index (χ4v) is 1.92. The molecule has 0 aliphatic carbocycles. The molecule has 0 spiro atoms. The number of aromatic nitrogens is 2. The molecule has 2 rings (SSSR count). The first-order valence-electron chi connectivity index (χ1n) is 6.49. The van der Waals surface area contributed by atoms with Crippen LogP contribution in [0.3, 0.4) is 0 Å². The van der Waals surface area contributed by atoms with Crippen LogP contribution in [0.1, 0.15) is 30.1 Å². The summed E-state index contributed by atoms with van der Waals surface area (Å²) >= 11 is 0. The average molecular weight is 275 g/mol. The largest absolute Gasteiger partial charge is 0.481 e. The van der Waals surface area contributed by atoms with Gasteiger partial charge >= 0.3 is 5.97 Å². The van der Waals surface area contributed by atoms with Gasteiger partial charge in [0.25, 0.3) is 5.91 Å². The maximum Gasteiger partial charge on any atom is 0.303 e. The smallest absolute Gasteiger partial charge is 0.303 e. The Morgan fingerprint density at radius 1 is 1.45 bits per heavy atom. The summed E-state index contributed by atoms with van der Waals surface area (Å²) in [5.41, 5.74) is 1.38. The predicted molar refractivity (Wildman–Crippen MR) is 74.5 cm³/mol.